The smallest absolute Gasteiger partial charge is 0.341 e. The lowest BCUT2D eigenvalue weighted by atomic mass is 10.1. The molecular weight excluding hydrogens is 394 g/mol. The first-order valence-electron chi connectivity index (χ1n) is 7.37. The first kappa shape index (κ1) is 18.5. The van der Waals surface area contributed by atoms with Crippen LogP contribution in [0.5, 0.6) is 5.75 Å². The lowest BCUT2D eigenvalue weighted by Gasteiger charge is -2.08. The van der Waals surface area contributed by atoms with E-state index in [1.807, 2.05) is 26.0 Å². The summed E-state index contributed by atoms with van der Waals surface area (Å²) in [5.74, 6) is -0.161. The van der Waals surface area contributed by atoms with E-state index >= 15 is 0 Å². The molecule has 0 aliphatic rings. The van der Waals surface area contributed by atoms with E-state index in [0.29, 0.717) is 16.3 Å². The van der Waals surface area contributed by atoms with E-state index in [0.717, 1.165) is 14.9 Å². The van der Waals surface area contributed by atoms with E-state index in [1.165, 1.54) is 11.3 Å². The molecule has 0 aliphatic carbocycles. The van der Waals surface area contributed by atoms with Crippen molar-refractivity contribution in [3.8, 4) is 5.75 Å². The predicted molar refractivity (Wildman–Crippen MR) is 98.0 cm³/mol. The number of nitrogens with one attached hydrogen (secondary N) is 1. The lowest BCUT2D eigenvalue weighted by Crippen LogP contribution is -2.21. The molecule has 2 rings (SSSR count). The second-order valence-corrected chi connectivity index (χ2v) is 7.14. The fourth-order valence-corrected chi connectivity index (χ4v) is 3.34. The van der Waals surface area contributed by atoms with Gasteiger partial charge in [-0.25, -0.2) is 4.79 Å². The quantitative estimate of drug-likeness (QED) is 0.718. The lowest BCUT2D eigenvalue weighted by molar-refractivity contribution is -0.118. The van der Waals surface area contributed by atoms with Crippen LogP contribution in [0.2, 0.25) is 0 Å². The number of benzene rings is 1. The standard InChI is InChI=1S/C17H18BrNO4S/c1-4-22-17(21)15-10(2)11(3)24-16(15)19-14(20)9-23-13-7-5-12(18)6-8-13/h5-8H,4,9H2,1-3H3,(H,19,20). The number of ether oxygens (including phenoxy) is 2. The molecule has 24 heavy (non-hydrogen) atoms. The Hall–Kier alpha value is -1.86. The van der Waals surface area contributed by atoms with Gasteiger partial charge < -0.3 is 14.8 Å². The molecule has 0 unspecified atom stereocenters. The molecule has 0 saturated heterocycles. The van der Waals surface area contributed by atoms with Gasteiger partial charge >= 0.3 is 5.97 Å². The number of aryl methyl sites for hydroxylation is 1. The molecular formula is C17H18BrNO4S. The average Bonchev–Trinajstić information content (AvgIpc) is 2.81. The van der Waals surface area contributed by atoms with Gasteiger partial charge in [0.25, 0.3) is 5.91 Å². The summed E-state index contributed by atoms with van der Waals surface area (Å²) < 4.78 is 11.4. The van der Waals surface area contributed by atoms with Gasteiger partial charge in [-0.1, -0.05) is 15.9 Å². The molecule has 7 heteroatoms. The van der Waals surface area contributed by atoms with Gasteiger partial charge in [0.05, 0.1) is 12.2 Å². The predicted octanol–water partition coefficient (Wildman–Crippen LogP) is 4.32. The zero-order valence-corrected chi connectivity index (χ0v) is 16.0. The number of hydrogen-bond acceptors (Lipinski definition) is 5. The number of esters is 1. The molecule has 2 aromatic rings. The van der Waals surface area contributed by atoms with Crippen LogP contribution in [0.1, 0.15) is 27.7 Å². The van der Waals surface area contributed by atoms with Gasteiger partial charge in [0.15, 0.2) is 6.61 Å². The van der Waals surface area contributed by atoms with Crippen LogP contribution >= 0.6 is 27.3 Å². The molecule has 0 atom stereocenters. The number of carbonyl (C=O) groups is 2. The number of thiophene rings is 1. The minimum atomic E-state index is -0.427. The van der Waals surface area contributed by atoms with Gasteiger partial charge in [-0.2, -0.15) is 0 Å². The molecule has 0 spiro atoms. The average molecular weight is 412 g/mol. The number of anilines is 1. The Labute approximate surface area is 153 Å². The molecule has 1 aromatic heterocycles. The molecule has 1 amide bonds. The van der Waals surface area contributed by atoms with Crippen molar-refractivity contribution in [1.29, 1.82) is 0 Å². The summed E-state index contributed by atoms with van der Waals surface area (Å²) in [6.07, 6.45) is 0. The summed E-state index contributed by atoms with van der Waals surface area (Å²) in [6, 6.07) is 7.19. The maximum absolute atomic E-state index is 12.1. The zero-order valence-electron chi connectivity index (χ0n) is 13.6. The highest BCUT2D eigenvalue weighted by Gasteiger charge is 2.22. The third kappa shape index (κ3) is 4.58. The minimum absolute atomic E-state index is 0.139. The van der Waals surface area contributed by atoms with E-state index < -0.39 is 5.97 Å². The van der Waals surface area contributed by atoms with Crippen LogP contribution < -0.4 is 10.1 Å². The Balaban J connectivity index is 2.04. The number of carbonyl (C=O) groups excluding carboxylic acids is 2. The Morgan fingerprint density at radius 1 is 1.21 bits per heavy atom. The van der Waals surface area contributed by atoms with E-state index in [1.54, 1.807) is 19.1 Å². The van der Waals surface area contributed by atoms with Crippen LogP contribution in [0.3, 0.4) is 0 Å². The Morgan fingerprint density at radius 2 is 1.88 bits per heavy atom. The van der Waals surface area contributed by atoms with Gasteiger partial charge in [-0.15, -0.1) is 11.3 Å². The van der Waals surface area contributed by atoms with Crippen LogP contribution in [-0.4, -0.2) is 25.1 Å². The molecule has 0 bridgehead atoms. The topological polar surface area (TPSA) is 64.6 Å². The van der Waals surface area contributed by atoms with Crippen molar-refractivity contribution in [3.63, 3.8) is 0 Å². The normalized spacial score (nSPS) is 10.3. The van der Waals surface area contributed by atoms with Gasteiger partial charge in [0, 0.05) is 9.35 Å². The maximum atomic E-state index is 12.1. The molecule has 0 radical (unpaired) electrons. The minimum Gasteiger partial charge on any atom is -0.484 e. The summed E-state index contributed by atoms with van der Waals surface area (Å²) in [4.78, 5) is 25.2. The van der Waals surface area contributed by atoms with Crippen molar-refractivity contribution in [3.05, 3.63) is 44.7 Å². The van der Waals surface area contributed by atoms with Crippen molar-refractivity contribution in [2.75, 3.05) is 18.5 Å². The van der Waals surface area contributed by atoms with Gasteiger partial charge in [0.1, 0.15) is 10.8 Å². The van der Waals surface area contributed by atoms with E-state index in [2.05, 4.69) is 21.2 Å². The van der Waals surface area contributed by atoms with Crippen molar-refractivity contribution < 1.29 is 19.1 Å². The fraction of sp³-hybridized carbons (Fsp3) is 0.294. The first-order chi connectivity index (χ1) is 11.4. The third-order valence-corrected chi connectivity index (χ3v) is 4.95. The van der Waals surface area contributed by atoms with Crippen LogP contribution in [0.15, 0.2) is 28.7 Å². The van der Waals surface area contributed by atoms with Crippen molar-refractivity contribution in [2.24, 2.45) is 0 Å². The fourth-order valence-electron chi connectivity index (χ4n) is 2.01. The van der Waals surface area contributed by atoms with Crippen molar-refractivity contribution >= 4 is 44.1 Å². The molecule has 1 aromatic carbocycles. The highest BCUT2D eigenvalue weighted by atomic mass is 79.9. The van der Waals surface area contributed by atoms with Crippen LogP contribution in [0, 0.1) is 13.8 Å². The highest BCUT2D eigenvalue weighted by Crippen LogP contribution is 2.33. The number of hydrogen-bond donors (Lipinski definition) is 1. The van der Waals surface area contributed by atoms with Gasteiger partial charge in [0.2, 0.25) is 0 Å². The maximum Gasteiger partial charge on any atom is 0.341 e. The SMILES string of the molecule is CCOC(=O)c1c(NC(=O)COc2ccc(Br)cc2)sc(C)c1C. The van der Waals surface area contributed by atoms with Crippen LogP contribution in [0.4, 0.5) is 5.00 Å². The molecule has 1 heterocycles. The molecule has 0 aliphatic heterocycles. The number of halogens is 1. The zero-order chi connectivity index (χ0) is 17.7. The second kappa shape index (κ2) is 8.30. The van der Waals surface area contributed by atoms with E-state index in [4.69, 9.17) is 9.47 Å². The van der Waals surface area contributed by atoms with Gasteiger partial charge in [-0.3, -0.25) is 4.79 Å². The summed E-state index contributed by atoms with van der Waals surface area (Å²) >= 11 is 4.69. The van der Waals surface area contributed by atoms with E-state index in [9.17, 15) is 9.59 Å². The molecule has 5 nitrogen and oxygen atoms in total. The highest BCUT2D eigenvalue weighted by molar-refractivity contribution is 9.10. The summed E-state index contributed by atoms with van der Waals surface area (Å²) in [5, 5.41) is 3.23. The molecule has 0 saturated carbocycles. The summed E-state index contributed by atoms with van der Waals surface area (Å²) in [5.41, 5.74) is 1.24. The van der Waals surface area contributed by atoms with E-state index in [-0.39, 0.29) is 19.1 Å². The largest absolute Gasteiger partial charge is 0.484 e. The first-order valence-corrected chi connectivity index (χ1v) is 8.98. The van der Waals surface area contributed by atoms with Crippen molar-refractivity contribution in [2.45, 2.75) is 20.8 Å². The summed E-state index contributed by atoms with van der Waals surface area (Å²) in [6.45, 7) is 5.63. The third-order valence-electron chi connectivity index (χ3n) is 3.30. The molecule has 128 valence electrons. The van der Waals surface area contributed by atoms with Crippen LogP contribution in [-0.2, 0) is 9.53 Å². The van der Waals surface area contributed by atoms with Crippen molar-refractivity contribution in [1.82, 2.24) is 0 Å². The van der Waals surface area contributed by atoms with Crippen LogP contribution in [0.25, 0.3) is 0 Å². The number of rotatable bonds is 6. The second-order valence-electron chi connectivity index (χ2n) is 5.00. The Bertz CT molecular complexity index is 740. The Kier molecular flexibility index (Phi) is 6.39. The monoisotopic (exact) mass is 411 g/mol. The molecule has 0 fully saturated rings. The van der Waals surface area contributed by atoms with Gasteiger partial charge in [-0.05, 0) is 50.6 Å². The summed E-state index contributed by atoms with van der Waals surface area (Å²) in [7, 11) is 0. The Morgan fingerprint density at radius 3 is 2.50 bits per heavy atom. The molecule has 1 N–H and O–H groups in total. The number of amides is 1.